The van der Waals surface area contributed by atoms with Gasteiger partial charge in [0, 0.05) is 47.4 Å². The molecule has 172 valence electrons. The minimum Gasteiger partial charge on any atom is -0.493 e. The van der Waals surface area contributed by atoms with Gasteiger partial charge in [-0.1, -0.05) is 0 Å². The third kappa shape index (κ3) is 5.58. The summed E-state index contributed by atoms with van der Waals surface area (Å²) in [5, 5.41) is 2.89. The lowest BCUT2D eigenvalue weighted by molar-refractivity contribution is -0.116. The molecule has 4 rings (SSSR count). The van der Waals surface area contributed by atoms with Gasteiger partial charge in [0.05, 0.1) is 13.2 Å². The molecule has 2 heterocycles. The molecule has 1 aliphatic rings. The number of rotatable bonds is 8. The summed E-state index contributed by atoms with van der Waals surface area (Å²) in [6.45, 7) is 1.78. The lowest BCUT2D eigenvalue weighted by Crippen LogP contribution is -2.20. The molecule has 2 N–H and O–H groups in total. The van der Waals surface area contributed by atoms with Gasteiger partial charge in [0.25, 0.3) is 5.56 Å². The minimum atomic E-state index is -0.245. The molecule has 0 unspecified atom stereocenters. The van der Waals surface area contributed by atoms with Crippen LogP contribution in [0.1, 0.15) is 43.4 Å². The fourth-order valence-electron chi connectivity index (χ4n) is 4.04. The number of carbonyl (C=O) groups is 1. The Hall–Kier alpha value is -3.68. The molecule has 0 bridgehead atoms. The molecule has 0 atom stereocenters. The summed E-state index contributed by atoms with van der Waals surface area (Å²) >= 11 is 0. The quantitative estimate of drug-likeness (QED) is 0.539. The van der Waals surface area contributed by atoms with E-state index in [2.05, 4.69) is 20.3 Å². The number of amides is 1. The van der Waals surface area contributed by atoms with Crippen LogP contribution in [0.5, 0.6) is 11.5 Å². The van der Waals surface area contributed by atoms with Gasteiger partial charge >= 0.3 is 0 Å². The molecule has 33 heavy (non-hydrogen) atoms. The topological polar surface area (TPSA) is 106 Å². The zero-order chi connectivity index (χ0) is 23.2. The summed E-state index contributed by atoms with van der Waals surface area (Å²) in [5.41, 5.74) is 2.22. The van der Waals surface area contributed by atoms with Gasteiger partial charge in [-0.3, -0.25) is 14.6 Å². The first-order valence-electron chi connectivity index (χ1n) is 11.2. The van der Waals surface area contributed by atoms with Gasteiger partial charge in [-0.25, -0.2) is 4.98 Å². The zero-order valence-corrected chi connectivity index (χ0v) is 18.9. The third-order valence-electron chi connectivity index (χ3n) is 5.80. The third-order valence-corrected chi connectivity index (χ3v) is 5.80. The van der Waals surface area contributed by atoms with Crippen LogP contribution in [0, 0.1) is 6.92 Å². The number of nitrogens with one attached hydrogen (secondary N) is 2. The van der Waals surface area contributed by atoms with E-state index in [4.69, 9.17) is 9.47 Å². The molecule has 1 saturated carbocycles. The molecule has 2 aromatic heterocycles. The Balaban J connectivity index is 1.41. The number of aromatic amines is 1. The molecule has 1 fully saturated rings. The lowest BCUT2D eigenvalue weighted by atomic mass is 10.1. The van der Waals surface area contributed by atoms with Gasteiger partial charge in [-0.15, -0.1) is 0 Å². The number of aromatic nitrogens is 3. The van der Waals surface area contributed by atoms with Crippen molar-refractivity contribution >= 4 is 11.6 Å². The number of carbonyl (C=O) groups excluding carboxylic acids is 1. The highest BCUT2D eigenvalue weighted by Gasteiger charge is 2.19. The van der Waals surface area contributed by atoms with Crippen molar-refractivity contribution in [3.8, 4) is 22.9 Å². The standard InChI is InChI=1S/C25H28N4O4/c1-16-20(25(31)29-24(27-16)17-6-5-13-26-15-17)10-12-23(30)28-18-9-11-21(32-2)22(14-18)33-19-7-3-4-8-19/h5-6,9,11,13-15,19H,3-4,7-8,10,12H2,1-2H3,(H,28,30)(H,27,29,31). The molecule has 0 aliphatic heterocycles. The summed E-state index contributed by atoms with van der Waals surface area (Å²) < 4.78 is 11.5. The zero-order valence-electron chi connectivity index (χ0n) is 18.9. The second-order valence-electron chi connectivity index (χ2n) is 8.16. The average molecular weight is 449 g/mol. The van der Waals surface area contributed by atoms with Crippen LogP contribution in [-0.4, -0.2) is 34.1 Å². The normalized spacial score (nSPS) is 13.6. The second kappa shape index (κ2) is 10.3. The Morgan fingerprint density at radius 2 is 2.03 bits per heavy atom. The number of hydrogen-bond acceptors (Lipinski definition) is 6. The van der Waals surface area contributed by atoms with Crippen LogP contribution >= 0.6 is 0 Å². The van der Waals surface area contributed by atoms with Gasteiger partial charge in [0.1, 0.15) is 5.82 Å². The highest BCUT2D eigenvalue weighted by molar-refractivity contribution is 5.91. The molecule has 1 aliphatic carbocycles. The van der Waals surface area contributed by atoms with Crippen LogP contribution in [-0.2, 0) is 11.2 Å². The molecule has 3 aromatic rings. The first-order chi connectivity index (χ1) is 16.0. The van der Waals surface area contributed by atoms with Crippen molar-refractivity contribution in [1.82, 2.24) is 15.0 Å². The van der Waals surface area contributed by atoms with Crippen LogP contribution in [0.2, 0.25) is 0 Å². The SMILES string of the molecule is COc1ccc(NC(=O)CCc2c(C)nc(-c3cccnc3)[nH]c2=O)cc1OC1CCCC1. The minimum absolute atomic E-state index is 0.155. The van der Waals surface area contributed by atoms with Crippen molar-refractivity contribution in [2.45, 2.75) is 51.6 Å². The molecule has 1 amide bonds. The molecule has 0 saturated heterocycles. The number of methoxy groups -OCH3 is 1. The fraction of sp³-hybridized carbons (Fsp3) is 0.360. The number of nitrogens with zero attached hydrogens (tertiary/aromatic N) is 2. The van der Waals surface area contributed by atoms with E-state index in [1.54, 1.807) is 50.7 Å². The number of pyridine rings is 1. The number of aryl methyl sites for hydroxylation is 1. The monoisotopic (exact) mass is 448 g/mol. The Kier molecular flexibility index (Phi) is 7.02. The van der Waals surface area contributed by atoms with Gasteiger partial charge in [0.15, 0.2) is 11.5 Å². The summed E-state index contributed by atoms with van der Waals surface area (Å²) in [4.78, 5) is 36.5. The van der Waals surface area contributed by atoms with E-state index >= 15 is 0 Å². The van der Waals surface area contributed by atoms with Crippen molar-refractivity contribution in [3.63, 3.8) is 0 Å². The predicted octanol–water partition coefficient (Wildman–Crippen LogP) is 4.04. The van der Waals surface area contributed by atoms with E-state index in [0.29, 0.717) is 34.3 Å². The Morgan fingerprint density at radius 1 is 1.21 bits per heavy atom. The van der Waals surface area contributed by atoms with E-state index in [1.807, 2.05) is 6.07 Å². The number of hydrogen-bond donors (Lipinski definition) is 2. The lowest BCUT2D eigenvalue weighted by Gasteiger charge is -2.17. The van der Waals surface area contributed by atoms with Crippen molar-refractivity contribution in [2.75, 3.05) is 12.4 Å². The Morgan fingerprint density at radius 3 is 2.73 bits per heavy atom. The summed E-state index contributed by atoms with van der Waals surface area (Å²) in [6.07, 6.45) is 8.32. The molecule has 0 spiro atoms. The number of ether oxygens (including phenoxy) is 2. The molecular formula is C25H28N4O4. The number of benzene rings is 1. The van der Waals surface area contributed by atoms with Crippen molar-refractivity contribution < 1.29 is 14.3 Å². The number of anilines is 1. The van der Waals surface area contributed by atoms with Gasteiger partial charge in [-0.2, -0.15) is 0 Å². The van der Waals surface area contributed by atoms with Crippen molar-refractivity contribution in [1.29, 1.82) is 0 Å². The maximum absolute atomic E-state index is 12.6. The molecule has 8 heteroatoms. The smallest absolute Gasteiger partial charge is 0.254 e. The highest BCUT2D eigenvalue weighted by Crippen LogP contribution is 2.34. The first kappa shape index (κ1) is 22.5. The molecular weight excluding hydrogens is 420 g/mol. The van der Waals surface area contributed by atoms with Gasteiger partial charge < -0.3 is 19.8 Å². The second-order valence-corrected chi connectivity index (χ2v) is 8.16. The van der Waals surface area contributed by atoms with E-state index in [0.717, 1.165) is 18.4 Å². The average Bonchev–Trinajstić information content (AvgIpc) is 3.32. The fourth-order valence-corrected chi connectivity index (χ4v) is 4.04. The predicted molar refractivity (Wildman–Crippen MR) is 126 cm³/mol. The van der Waals surface area contributed by atoms with Crippen LogP contribution in [0.3, 0.4) is 0 Å². The van der Waals surface area contributed by atoms with E-state index in [1.165, 1.54) is 12.8 Å². The van der Waals surface area contributed by atoms with E-state index in [-0.39, 0.29) is 30.4 Å². The molecule has 0 radical (unpaired) electrons. The largest absolute Gasteiger partial charge is 0.493 e. The number of H-pyrrole nitrogens is 1. The maximum Gasteiger partial charge on any atom is 0.254 e. The van der Waals surface area contributed by atoms with Crippen LogP contribution in [0.25, 0.3) is 11.4 Å². The summed E-state index contributed by atoms with van der Waals surface area (Å²) in [5.74, 6) is 1.54. The van der Waals surface area contributed by atoms with Crippen molar-refractivity contribution in [2.24, 2.45) is 0 Å². The summed E-state index contributed by atoms with van der Waals surface area (Å²) in [6, 6.07) is 8.97. The van der Waals surface area contributed by atoms with Crippen LogP contribution in [0.4, 0.5) is 5.69 Å². The Labute approximate surface area is 192 Å². The van der Waals surface area contributed by atoms with Gasteiger partial charge in [-0.05, 0) is 63.3 Å². The molecule has 1 aromatic carbocycles. The van der Waals surface area contributed by atoms with Crippen LogP contribution in [0.15, 0.2) is 47.5 Å². The Bertz CT molecular complexity index is 1170. The van der Waals surface area contributed by atoms with Crippen LogP contribution < -0.4 is 20.3 Å². The summed E-state index contributed by atoms with van der Waals surface area (Å²) in [7, 11) is 1.60. The van der Waals surface area contributed by atoms with E-state index < -0.39 is 0 Å². The maximum atomic E-state index is 12.6. The van der Waals surface area contributed by atoms with E-state index in [9.17, 15) is 9.59 Å². The highest BCUT2D eigenvalue weighted by atomic mass is 16.5. The van der Waals surface area contributed by atoms with Gasteiger partial charge in [0.2, 0.25) is 5.91 Å². The van der Waals surface area contributed by atoms with Crippen molar-refractivity contribution in [3.05, 3.63) is 64.3 Å². The first-order valence-corrected chi connectivity index (χ1v) is 11.2. The molecule has 8 nitrogen and oxygen atoms in total.